The minimum Gasteiger partial charge on any atom is -0.359 e. The van der Waals surface area contributed by atoms with Gasteiger partial charge in [0.05, 0.1) is 0 Å². The molecule has 0 aromatic heterocycles. The van der Waals surface area contributed by atoms with E-state index < -0.39 is 0 Å². The van der Waals surface area contributed by atoms with Crippen molar-refractivity contribution in [1.82, 2.24) is 4.90 Å². The van der Waals surface area contributed by atoms with E-state index in [0.29, 0.717) is 5.91 Å². The van der Waals surface area contributed by atoms with Gasteiger partial charge >= 0.3 is 0 Å². The molecule has 2 aliphatic heterocycles. The summed E-state index contributed by atoms with van der Waals surface area (Å²) in [5, 5.41) is 0. The molecule has 3 heteroatoms. The van der Waals surface area contributed by atoms with E-state index in [9.17, 15) is 4.79 Å². The van der Waals surface area contributed by atoms with Crippen LogP contribution in [-0.2, 0) is 11.2 Å². The quantitative estimate of drug-likeness (QED) is 0.795. The number of fused-ring (bicyclic) bond motifs is 3. The molecule has 1 atom stereocenters. The Hall–Kier alpha value is -1.51. The Bertz CT molecular complexity index is 458. The Morgan fingerprint density at radius 1 is 1.28 bits per heavy atom. The molecule has 1 fully saturated rings. The van der Waals surface area contributed by atoms with Crippen molar-refractivity contribution in [2.45, 2.75) is 32.2 Å². The van der Waals surface area contributed by atoms with Crippen LogP contribution in [-0.4, -0.2) is 36.5 Å². The van der Waals surface area contributed by atoms with Crippen molar-refractivity contribution >= 4 is 11.6 Å². The summed E-state index contributed by atoms with van der Waals surface area (Å²) in [6.45, 7) is 4.97. The van der Waals surface area contributed by atoms with E-state index in [4.69, 9.17) is 0 Å². The highest BCUT2D eigenvalue weighted by Crippen LogP contribution is 2.34. The predicted molar refractivity (Wildman–Crippen MR) is 72.8 cm³/mol. The lowest BCUT2D eigenvalue weighted by atomic mass is 10.1. The van der Waals surface area contributed by atoms with Crippen LogP contribution < -0.4 is 4.90 Å². The van der Waals surface area contributed by atoms with E-state index in [1.807, 2.05) is 0 Å². The van der Waals surface area contributed by atoms with Crippen LogP contribution in [0.3, 0.4) is 0 Å². The number of hydrogen-bond acceptors (Lipinski definition) is 2. The molecular formula is C15H20N2O. The molecule has 2 aliphatic rings. The van der Waals surface area contributed by atoms with E-state index in [0.717, 1.165) is 38.9 Å². The monoisotopic (exact) mass is 244 g/mol. The molecule has 96 valence electrons. The van der Waals surface area contributed by atoms with Crippen LogP contribution in [0.15, 0.2) is 24.3 Å². The maximum Gasteiger partial charge on any atom is 0.245 e. The number of rotatable bonds is 2. The number of amides is 1. The molecule has 0 spiro atoms. The average molecular weight is 244 g/mol. The molecule has 1 aromatic carbocycles. The summed E-state index contributed by atoms with van der Waals surface area (Å²) < 4.78 is 0. The summed E-state index contributed by atoms with van der Waals surface area (Å²) in [5.74, 6) is 0.325. The van der Waals surface area contributed by atoms with Gasteiger partial charge in [-0.15, -0.1) is 0 Å². The smallest absolute Gasteiger partial charge is 0.245 e. The second-order valence-electron chi connectivity index (χ2n) is 5.22. The summed E-state index contributed by atoms with van der Waals surface area (Å²) in [5.41, 5.74) is 2.60. The summed E-state index contributed by atoms with van der Waals surface area (Å²) in [7, 11) is 0. The van der Waals surface area contributed by atoms with Gasteiger partial charge in [0.2, 0.25) is 5.91 Å². The maximum atomic E-state index is 12.6. The summed E-state index contributed by atoms with van der Waals surface area (Å²) in [6.07, 6.45) is 3.01. The fourth-order valence-electron chi connectivity index (χ4n) is 3.19. The number of hydrogen-bond donors (Lipinski definition) is 0. The Morgan fingerprint density at radius 3 is 2.94 bits per heavy atom. The minimum absolute atomic E-state index is 0.0523. The second-order valence-corrected chi connectivity index (χ2v) is 5.22. The average Bonchev–Trinajstić information content (AvgIpc) is 2.69. The molecule has 3 rings (SSSR count). The van der Waals surface area contributed by atoms with Crippen LogP contribution in [0.1, 0.15) is 25.3 Å². The van der Waals surface area contributed by atoms with E-state index in [1.165, 1.54) is 11.3 Å². The molecule has 1 aromatic rings. The van der Waals surface area contributed by atoms with E-state index >= 15 is 0 Å². The summed E-state index contributed by atoms with van der Waals surface area (Å²) in [6, 6.07) is 8.50. The third-order valence-corrected chi connectivity index (χ3v) is 4.01. The first-order valence-corrected chi connectivity index (χ1v) is 6.94. The van der Waals surface area contributed by atoms with Crippen LogP contribution in [0.4, 0.5) is 5.69 Å². The highest BCUT2D eigenvalue weighted by Gasteiger charge is 2.37. The molecule has 0 saturated carbocycles. The maximum absolute atomic E-state index is 12.6. The molecule has 18 heavy (non-hydrogen) atoms. The minimum atomic E-state index is 0.0523. The fourth-order valence-corrected chi connectivity index (χ4v) is 3.19. The second kappa shape index (κ2) is 4.63. The predicted octanol–water partition coefficient (Wildman–Crippen LogP) is 2.06. The summed E-state index contributed by atoms with van der Waals surface area (Å²) in [4.78, 5) is 16.9. The zero-order chi connectivity index (χ0) is 12.5. The van der Waals surface area contributed by atoms with Gasteiger partial charge in [-0.2, -0.15) is 0 Å². The highest BCUT2D eigenvalue weighted by atomic mass is 16.2. The molecule has 2 heterocycles. The molecule has 3 nitrogen and oxygen atoms in total. The standard InChI is InChI=1S/C15H20N2O/c1-2-8-16-9-5-10-17-13-7-4-3-6-12(13)11-14(17)15(16)18/h3-4,6-7,14H,2,5,8-11H2,1H3. The fraction of sp³-hybridized carbons (Fsp3) is 0.533. The number of anilines is 1. The molecule has 0 radical (unpaired) electrons. The Morgan fingerprint density at radius 2 is 2.11 bits per heavy atom. The van der Waals surface area contributed by atoms with Gasteiger partial charge in [-0.1, -0.05) is 25.1 Å². The highest BCUT2D eigenvalue weighted by molar-refractivity contribution is 5.88. The molecule has 0 aliphatic carbocycles. The third kappa shape index (κ3) is 1.78. The number of benzene rings is 1. The Balaban J connectivity index is 1.89. The topological polar surface area (TPSA) is 23.6 Å². The normalized spacial score (nSPS) is 22.7. The Kier molecular flexibility index (Phi) is 2.98. The van der Waals surface area contributed by atoms with E-state index in [-0.39, 0.29) is 6.04 Å². The van der Waals surface area contributed by atoms with E-state index in [2.05, 4.69) is 41.0 Å². The van der Waals surface area contributed by atoms with Crippen LogP contribution in [0, 0.1) is 0 Å². The van der Waals surface area contributed by atoms with Crippen molar-refractivity contribution in [2.75, 3.05) is 24.5 Å². The van der Waals surface area contributed by atoms with Gasteiger partial charge < -0.3 is 9.80 Å². The van der Waals surface area contributed by atoms with Crippen LogP contribution >= 0.6 is 0 Å². The molecular weight excluding hydrogens is 224 g/mol. The molecule has 0 bridgehead atoms. The first kappa shape index (κ1) is 11.6. The number of para-hydroxylation sites is 1. The van der Waals surface area contributed by atoms with Gasteiger partial charge in [-0.3, -0.25) is 4.79 Å². The first-order valence-electron chi connectivity index (χ1n) is 6.94. The molecule has 1 amide bonds. The first-order chi connectivity index (χ1) is 8.81. The third-order valence-electron chi connectivity index (χ3n) is 4.01. The Labute approximate surface area is 108 Å². The van der Waals surface area contributed by atoms with Gasteiger partial charge in [-0.25, -0.2) is 0 Å². The number of carbonyl (C=O) groups is 1. The lowest BCUT2D eigenvalue weighted by molar-refractivity contribution is -0.131. The van der Waals surface area contributed by atoms with Crippen molar-refractivity contribution in [1.29, 1.82) is 0 Å². The SMILES string of the molecule is CCCN1CCCN2c3ccccc3CC2C1=O. The molecule has 0 N–H and O–H groups in total. The largest absolute Gasteiger partial charge is 0.359 e. The van der Waals surface area contributed by atoms with Gasteiger partial charge in [-0.05, 0) is 24.5 Å². The van der Waals surface area contributed by atoms with Crippen molar-refractivity contribution in [2.24, 2.45) is 0 Å². The van der Waals surface area contributed by atoms with Crippen molar-refractivity contribution in [3.05, 3.63) is 29.8 Å². The van der Waals surface area contributed by atoms with Gasteiger partial charge in [0, 0.05) is 31.7 Å². The van der Waals surface area contributed by atoms with Crippen LogP contribution in [0.5, 0.6) is 0 Å². The zero-order valence-corrected chi connectivity index (χ0v) is 10.9. The van der Waals surface area contributed by atoms with Crippen molar-refractivity contribution in [3.63, 3.8) is 0 Å². The zero-order valence-electron chi connectivity index (χ0n) is 10.9. The van der Waals surface area contributed by atoms with Gasteiger partial charge in [0.1, 0.15) is 6.04 Å². The van der Waals surface area contributed by atoms with Crippen LogP contribution in [0.25, 0.3) is 0 Å². The van der Waals surface area contributed by atoms with Crippen molar-refractivity contribution < 1.29 is 4.79 Å². The number of nitrogens with zero attached hydrogens (tertiary/aromatic N) is 2. The van der Waals surface area contributed by atoms with E-state index in [1.54, 1.807) is 0 Å². The lowest BCUT2D eigenvalue weighted by Gasteiger charge is -2.26. The molecule has 1 saturated heterocycles. The van der Waals surface area contributed by atoms with Crippen molar-refractivity contribution in [3.8, 4) is 0 Å². The van der Waals surface area contributed by atoms with Gasteiger partial charge in [0.25, 0.3) is 0 Å². The van der Waals surface area contributed by atoms with Gasteiger partial charge in [0.15, 0.2) is 0 Å². The number of carbonyl (C=O) groups excluding carboxylic acids is 1. The van der Waals surface area contributed by atoms with Crippen LogP contribution in [0.2, 0.25) is 0 Å². The lowest BCUT2D eigenvalue weighted by Crippen LogP contribution is -2.44. The summed E-state index contributed by atoms with van der Waals surface area (Å²) >= 11 is 0. The molecule has 1 unspecified atom stereocenters.